The summed E-state index contributed by atoms with van der Waals surface area (Å²) < 4.78 is 5.16. The molecule has 0 saturated heterocycles. The van der Waals surface area contributed by atoms with Gasteiger partial charge in [0.1, 0.15) is 11.6 Å². The number of carboxylic acid groups (broad SMARTS) is 1. The number of carbonyl (C=O) groups excluding carboxylic acids is 2. The summed E-state index contributed by atoms with van der Waals surface area (Å²) in [5.41, 5.74) is -0.261. The lowest BCUT2D eigenvalue weighted by atomic mass is 10.0. The second-order valence-corrected chi connectivity index (χ2v) is 6.74. The van der Waals surface area contributed by atoms with Crippen molar-refractivity contribution in [2.75, 3.05) is 5.32 Å². The first-order valence-electron chi connectivity index (χ1n) is 7.63. The SMILES string of the molecule is CC(C)C(NC(=O)OC(C)(C)C)C(=O)Nc1cccc(C(=O)O)c1. The Hall–Kier alpha value is -2.57. The fraction of sp³-hybridized carbons (Fsp3) is 0.471. The van der Waals surface area contributed by atoms with E-state index in [9.17, 15) is 14.4 Å². The minimum absolute atomic E-state index is 0.0639. The van der Waals surface area contributed by atoms with Crippen molar-refractivity contribution in [1.29, 1.82) is 0 Å². The maximum Gasteiger partial charge on any atom is 0.408 e. The minimum atomic E-state index is -1.08. The number of aromatic carboxylic acids is 1. The molecule has 24 heavy (non-hydrogen) atoms. The van der Waals surface area contributed by atoms with Crippen LogP contribution < -0.4 is 10.6 Å². The number of amides is 2. The van der Waals surface area contributed by atoms with E-state index in [-0.39, 0.29) is 11.5 Å². The monoisotopic (exact) mass is 336 g/mol. The van der Waals surface area contributed by atoms with E-state index in [4.69, 9.17) is 9.84 Å². The zero-order valence-corrected chi connectivity index (χ0v) is 14.5. The highest BCUT2D eigenvalue weighted by Crippen LogP contribution is 2.14. The highest BCUT2D eigenvalue weighted by Gasteiger charge is 2.27. The van der Waals surface area contributed by atoms with Crippen LogP contribution in [0.5, 0.6) is 0 Å². The highest BCUT2D eigenvalue weighted by atomic mass is 16.6. The quantitative estimate of drug-likeness (QED) is 0.767. The van der Waals surface area contributed by atoms with Crippen LogP contribution in [-0.4, -0.2) is 34.7 Å². The highest BCUT2D eigenvalue weighted by molar-refractivity contribution is 5.98. The Labute approximate surface area is 141 Å². The van der Waals surface area contributed by atoms with E-state index < -0.39 is 29.6 Å². The molecule has 0 aromatic heterocycles. The zero-order chi connectivity index (χ0) is 18.5. The molecule has 0 fully saturated rings. The molecule has 1 rings (SSSR count). The second kappa shape index (κ2) is 7.81. The summed E-state index contributed by atoms with van der Waals surface area (Å²) >= 11 is 0. The number of ether oxygens (including phenoxy) is 1. The van der Waals surface area contributed by atoms with Crippen molar-refractivity contribution in [2.24, 2.45) is 5.92 Å². The van der Waals surface area contributed by atoms with E-state index in [0.717, 1.165) is 0 Å². The number of hydrogen-bond donors (Lipinski definition) is 3. The normalized spacial score (nSPS) is 12.4. The predicted octanol–water partition coefficient (Wildman–Crippen LogP) is 2.87. The number of alkyl carbamates (subject to hydrolysis) is 1. The molecule has 0 saturated carbocycles. The molecule has 3 N–H and O–H groups in total. The van der Waals surface area contributed by atoms with Gasteiger partial charge in [-0.05, 0) is 44.9 Å². The molecule has 1 aromatic carbocycles. The van der Waals surface area contributed by atoms with Crippen molar-refractivity contribution in [3.8, 4) is 0 Å². The van der Waals surface area contributed by atoms with Crippen LogP contribution in [0.3, 0.4) is 0 Å². The topological polar surface area (TPSA) is 105 Å². The molecular weight excluding hydrogens is 312 g/mol. The van der Waals surface area contributed by atoms with Gasteiger partial charge in [-0.1, -0.05) is 19.9 Å². The van der Waals surface area contributed by atoms with Crippen molar-refractivity contribution >= 4 is 23.7 Å². The fourth-order valence-corrected chi connectivity index (χ4v) is 1.92. The number of hydrogen-bond acceptors (Lipinski definition) is 4. The average molecular weight is 336 g/mol. The van der Waals surface area contributed by atoms with E-state index in [1.807, 2.05) is 0 Å². The van der Waals surface area contributed by atoms with Crippen LogP contribution in [0.15, 0.2) is 24.3 Å². The second-order valence-electron chi connectivity index (χ2n) is 6.74. The lowest BCUT2D eigenvalue weighted by Gasteiger charge is -2.25. The van der Waals surface area contributed by atoms with Gasteiger partial charge in [-0.2, -0.15) is 0 Å². The number of benzene rings is 1. The van der Waals surface area contributed by atoms with Crippen LogP contribution >= 0.6 is 0 Å². The lowest BCUT2D eigenvalue weighted by Crippen LogP contribution is -2.48. The molecule has 1 atom stereocenters. The van der Waals surface area contributed by atoms with Crippen LogP contribution in [0, 0.1) is 5.92 Å². The maximum absolute atomic E-state index is 12.4. The van der Waals surface area contributed by atoms with Gasteiger partial charge >= 0.3 is 12.1 Å². The van der Waals surface area contributed by atoms with Gasteiger partial charge in [0.25, 0.3) is 0 Å². The van der Waals surface area contributed by atoms with Crippen molar-refractivity contribution in [3.05, 3.63) is 29.8 Å². The van der Waals surface area contributed by atoms with Crippen LogP contribution in [0.1, 0.15) is 45.0 Å². The van der Waals surface area contributed by atoms with E-state index in [1.165, 1.54) is 18.2 Å². The molecule has 7 nitrogen and oxygen atoms in total. The van der Waals surface area contributed by atoms with E-state index in [0.29, 0.717) is 5.69 Å². The van der Waals surface area contributed by atoms with E-state index in [1.54, 1.807) is 40.7 Å². The Kier molecular flexibility index (Phi) is 6.34. The fourth-order valence-electron chi connectivity index (χ4n) is 1.92. The van der Waals surface area contributed by atoms with Crippen molar-refractivity contribution < 1.29 is 24.2 Å². The molecule has 7 heteroatoms. The number of carboxylic acids is 1. The molecule has 0 spiro atoms. The van der Waals surface area contributed by atoms with Gasteiger partial charge in [-0.15, -0.1) is 0 Å². The summed E-state index contributed by atoms with van der Waals surface area (Å²) in [5, 5.41) is 14.1. The number of anilines is 1. The Balaban J connectivity index is 2.82. The van der Waals surface area contributed by atoms with E-state index in [2.05, 4.69) is 10.6 Å². The molecule has 2 amide bonds. The Morgan fingerprint density at radius 1 is 1.17 bits per heavy atom. The number of rotatable bonds is 5. The van der Waals surface area contributed by atoms with Gasteiger partial charge in [0.05, 0.1) is 5.56 Å². The van der Waals surface area contributed by atoms with Gasteiger partial charge in [0.15, 0.2) is 0 Å². The van der Waals surface area contributed by atoms with Crippen molar-refractivity contribution in [3.63, 3.8) is 0 Å². The smallest absolute Gasteiger partial charge is 0.408 e. The minimum Gasteiger partial charge on any atom is -0.478 e. The molecule has 0 aliphatic heterocycles. The first-order valence-corrected chi connectivity index (χ1v) is 7.63. The van der Waals surface area contributed by atoms with Gasteiger partial charge in [0, 0.05) is 5.69 Å². The summed E-state index contributed by atoms with van der Waals surface area (Å²) in [6.45, 7) is 8.77. The van der Waals surface area contributed by atoms with Crippen molar-refractivity contribution in [1.82, 2.24) is 5.32 Å². The number of nitrogens with one attached hydrogen (secondary N) is 2. The molecule has 0 heterocycles. The summed E-state index contributed by atoms with van der Waals surface area (Å²) in [6, 6.07) is 5.08. The van der Waals surface area contributed by atoms with Crippen LogP contribution in [0.4, 0.5) is 10.5 Å². The maximum atomic E-state index is 12.4. The molecule has 0 radical (unpaired) electrons. The molecular formula is C17H24N2O5. The zero-order valence-electron chi connectivity index (χ0n) is 14.5. The molecule has 0 aliphatic rings. The third kappa shape index (κ3) is 6.28. The van der Waals surface area contributed by atoms with Crippen LogP contribution in [-0.2, 0) is 9.53 Å². The molecule has 1 aromatic rings. The average Bonchev–Trinajstić information content (AvgIpc) is 2.42. The predicted molar refractivity (Wildman–Crippen MR) is 90.0 cm³/mol. The van der Waals surface area contributed by atoms with Crippen molar-refractivity contribution in [2.45, 2.75) is 46.3 Å². The summed E-state index contributed by atoms with van der Waals surface area (Å²) in [5.74, 6) is -1.71. The largest absolute Gasteiger partial charge is 0.478 e. The summed E-state index contributed by atoms with van der Waals surface area (Å²) in [6.07, 6.45) is -0.685. The molecule has 132 valence electrons. The third-order valence-corrected chi connectivity index (χ3v) is 3.00. The van der Waals surface area contributed by atoms with Gasteiger partial charge in [-0.25, -0.2) is 9.59 Å². The van der Waals surface area contributed by atoms with E-state index >= 15 is 0 Å². The standard InChI is InChI=1S/C17H24N2O5/c1-10(2)13(19-16(23)24-17(3,4)5)14(20)18-12-8-6-7-11(9-12)15(21)22/h6-10,13H,1-5H3,(H,18,20)(H,19,23)(H,21,22). The Morgan fingerprint density at radius 3 is 2.29 bits per heavy atom. The van der Waals surface area contributed by atoms with Crippen LogP contribution in [0.2, 0.25) is 0 Å². The first-order chi connectivity index (χ1) is 11.0. The van der Waals surface area contributed by atoms with Gasteiger partial charge in [0.2, 0.25) is 5.91 Å². The third-order valence-electron chi connectivity index (χ3n) is 3.00. The molecule has 1 unspecified atom stereocenters. The summed E-state index contributed by atoms with van der Waals surface area (Å²) in [4.78, 5) is 35.3. The first kappa shape index (κ1) is 19.5. The number of carbonyl (C=O) groups is 3. The van der Waals surface area contributed by atoms with Gasteiger partial charge in [-0.3, -0.25) is 4.79 Å². The molecule has 0 bridgehead atoms. The van der Waals surface area contributed by atoms with Crippen LogP contribution in [0.25, 0.3) is 0 Å². The lowest BCUT2D eigenvalue weighted by molar-refractivity contribution is -0.119. The van der Waals surface area contributed by atoms with Gasteiger partial charge < -0.3 is 20.5 Å². The Bertz CT molecular complexity index is 620. The Morgan fingerprint density at radius 2 is 1.79 bits per heavy atom. The summed E-state index contributed by atoms with van der Waals surface area (Å²) in [7, 11) is 0. The molecule has 0 aliphatic carbocycles.